The number of nitrogens with zero attached hydrogens (tertiary/aromatic N) is 2. The lowest BCUT2D eigenvalue weighted by Crippen LogP contribution is -2.21. The van der Waals surface area contributed by atoms with Gasteiger partial charge >= 0.3 is 0 Å². The number of phenolic OH excluding ortho intramolecular Hbond substituents is 1. The van der Waals surface area contributed by atoms with E-state index in [1.165, 1.54) is 18.2 Å². The standard InChI is InChI=1S/C23H17ClN2O3/c1-29-21-14-15(11-12-20(21)27)13-17-22(16-7-3-2-4-8-16)25-26(23(17)28)19-10-6-5-9-18(19)24/h2-14,27H,1H3/b17-13-. The smallest absolute Gasteiger partial charge is 0.281 e. The highest BCUT2D eigenvalue weighted by Crippen LogP contribution is 2.33. The Morgan fingerprint density at radius 2 is 1.76 bits per heavy atom. The van der Waals surface area contributed by atoms with Gasteiger partial charge in [0.05, 0.1) is 23.4 Å². The van der Waals surface area contributed by atoms with Crippen molar-refractivity contribution < 1.29 is 14.6 Å². The van der Waals surface area contributed by atoms with Crippen molar-refractivity contribution >= 4 is 35.0 Å². The van der Waals surface area contributed by atoms with Crippen molar-refractivity contribution in [1.82, 2.24) is 0 Å². The number of hydrogen-bond donors (Lipinski definition) is 1. The molecule has 29 heavy (non-hydrogen) atoms. The van der Waals surface area contributed by atoms with Crippen LogP contribution in [-0.4, -0.2) is 23.8 Å². The minimum atomic E-state index is -0.288. The average Bonchev–Trinajstić information content (AvgIpc) is 3.06. The van der Waals surface area contributed by atoms with Gasteiger partial charge in [-0.05, 0) is 35.9 Å². The third-order valence-corrected chi connectivity index (χ3v) is 4.84. The summed E-state index contributed by atoms with van der Waals surface area (Å²) in [4.78, 5) is 13.3. The molecule has 0 bridgehead atoms. The van der Waals surface area contributed by atoms with Crippen LogP contribution in [0, 0.1) is 0 Å². The first-order valence-electron chi connectivity index (χ1n) is 8.90. The van der Waals surface area contributed by atoms with Crippen LogP contribution in [0.15, 0.2) is 83.5 Å². The summed E-state index contributed by atoms with van der Waals surface area (Å²) in [5.74, 6) is 0.0667. The number of hydrogen-bond acceptors (Lipinski definition) is 4. The summed E-state index contributed by atoms with van der Waals surface area (Å²) in [6.07, 6.45) is 1.73. The molecule has 6 heteroatoms. The fraction of sp³-hybridized carbons (Fsp3) is 0.0435. The number of anilines is 1. The molecule has 1 N–H and O–H groups in total. The molecule has 4 rings (SSSR count). The van der Waals surface area contributed by atoms with Crippen molar-refractivity contribution in [1.29, 1.82) is 0 Å². The Labute approximate surface area is 173 Å². The molecule has 1 amide bonds. The molecule has 1 aliphatic heterocycles. The largest absolute Gasteiger partial charge is 0.504 e. The molecular weight excluding hydrogens is 388 g/mol. The van der Waals surface area contributed by atoms with E-state index in [0.717, 1.165) is 5.56 Å². The normalized spacial score (nSPS) is 15.0. The molecule has 0 aliphatic carbocycles. The van der Waals surface area contributed by atoms with Crippen molar-refractivity contribution in [2.45, 2.75) is 0 Å². The van der Waals surface area contributed by atoms with Crippen molar-refractivity contribution in [3.63, 3.8) is 0 Å². The summed E-state index contributed by atoms with van der Waals surface area (Å²) >= 11 is 6.30. The maximum atomic E-state index is 13.3. The van der Waals surface area contributed by atoms with Crippen molar-refractivity contribution in [2.75, 3.05) is 12.1 Å². The number of methoxy groups -OCH3 is 1. The van der Waals surface area contributed by atoms with Gasteiger partial charge in [-0.3, -0.25) is 4.79 Å². The predicted octanol–water partition coefficient (Wildman–Crippen LogP) is 4.89. The van der Waals surface area contributed by atoms with E-state index in [9.17, 15) is 9.90 Å². The number of para-hydroxylation sites is 1. The van der Waals surface area contributed by atoms with Gasteiger partial charge in [-0.15, -0.1) is 0 Å². The lowest BCUT2D eigenvalue weighted by atomic mass is 10.00. The molecule has 0 fully saturated rings. The summed E-state index contributed by atoms with van der Waals surface area (Å²) in [6.45, 7) is 0. The summed E-state index contributed by atoms with van der Waals surface area (Å²) in [6, 6.07) is 21.4. The predicted molar refractivity (Wildman–Crippen MR) is 115 cm³/mol. The second kappa shape index (κ2) is 7.81. The monoisotopic (exact) mass is 404 g/mol. The summed E-state index contributed by atoms with van der Waals surface area (Å²) in [5.41, 5.74) is 2.99. The SMILES string of the molecule is COc1cc(/C=C2\C(=O)N(c3ccccc3Cl)N=C2c2ccccc2)ccc1O. The van der Waals surface area contributed by atoms with Gasteiger partial charge in [0.15, 0.2) is 11.5 Å². The number of hydrazone groups is 1. The molecule has 0 radical (unpaired) electrons. The van der Waals surface area contributed by atoms with E-state index in [1.807, 2.05) is 30.3 Å². The van der Waals surface area contributed by atoms with Crippen LogP contribution in [0.3, 0.4) is 0 Å². The number of ether oxygens (including phenoxy) is 1. The third kappa shape index (κ3) is 3.60. The maximum absolute atomic E-state index is 13.3. The molecule has 0 saturated heterocycles. The summed E-state index contributed by atoms with van der Waals surface area (Å²) < 4.78 is 5.17. The Morgan fingerprint density at radius 3 is 2.48 bits per heavy atom. The molecule has 0 saturated carbocycles. The quantitative estimate of drug-likeness (QED) is 0.630. The lowest BCUT2D eigenvalue weighted by Gasteiger charge is -2.13. The Kier molecular flexibility index (Phi) is 5.06. The number of phenols is 1. The number of amides is 1. The summed E-state index contributed by atoms with van der Waals surface area (Å²) in [7, 11) is 1.47. The van der Waals surface area contributed by atoms with Crippen LogP contribution in [0.2, 0.25) is 5.02 Å². The number of halogens is 1. The minimum Gasteiger partial charge on any atom is -0.504 e. The van der Waals surface area contributed by atoms with Crippen molar-refractivity contribution in [3.8, 4) is 11.5 Å². The van der Waals surface area contributed by atoms with E-state index >= 15 is 0 Å². The van der Waals surface area contributed by atoms with Crippen LogP contribution < -0.4 is 9.75 Å². The van der Waals surface area contributed by atoms with Crippen LogP contribution in [0.25, 0.3) is 6.08 Å². The molecule has 0 unspecified atom stereocenters. The maximum Gasteiger partial charge on any atom is 0.281 e. The first-order valence-corrected chi connectivity index (χ1v) is 9.28. The molecule has 0 spiro atoms. The van der Waals surface area contributed by atoms with Crippen molar-refractivity contribution in [3.05, 3.63) is 94.5 Å². The molecule has 144 valence electrons. The fourth-order valence-corrected chi connectivity index (χ4v) is 3.31. The number of carbonyl (C=O) groups excluding carboxylic acids is 1. The van der Waals surface area contributed by atoms with Gasteiger partial charge in [-0.2, -0.15) is 10.1 Å². The number of benzene rings is 3. The van der Waals surface area contributed by atoms with E-state index < -0.39 is 0 Å². The average molecular weight is 405 g/mol. The van der Waals surface area contributed by atoms with E-state index in [2.05, 4.69) is 5.10 Å². The van der Waals surface area contributed by atoms with Gasteiger partial charge in [-0.1, -0.05) is 60.1 Å². The Morgan fingerprint density at radius 1 is 1.03 bits per heavy atom. The Hall–Kier alpha value is -3.57. The van der Waals surface area contributed by atoms with Gasteiger partial charge in [0, 0.05) is 5.56 Å². The van der Waals surface area contributed by atoms with Crippen LogP contribution >= 0.6 is 11.6 Å². The molecule has 3 aromatic rings. The molecule has 3 aromatic carbocycles. The van der Waals surface area contributed by atoms with Crippen LogP contribution in [0.4, 0.5) is 5.69 Å². The van der Waals surface area contributed by atoms with Gasteiger partial charge in [0.1, 0.15) is 5.71 Å². The number of rotatable bonds is 4. The Balaban J connectivity index is 1.84. The van der Waals surface area contributed by atoms with Crippen LogP contribution in [0.5, 0.6) is 11.5 Å². The van der Waals surface area contributed by atoms with E-state index in [0.29, 0.717) is 33.3 Å². The van der Waals surface area contributed by atoms with Gasteiger partial charge in [-0.25, -0.2) is 0 Å². The highest BCUT2D eigenvalue weighted by atomic mass is 35.5. The van der Waals surface area contributed by atoms with Crippen LogP contribution in [-0.2, 0) is 4.79 Å². The zero-order valence-corrected chi connectivity index (χ0v) is 16.3. The fourth-order valence-electron chi connectivity index (χ4n) is 3.09. The van der Waals surface area contributed by atoms with Gasteiger partial charge in [0.2, 0.25) is 0 Å². The summed E-state index contributed by atoms with van der Waals surface area (Å²) in [5, 5.41) is 16.2. The zero-order valence-electron chi connectivity index (χ0n) is 15.5. The molecule has 1 aliphatic rings. The second-order valence-corrected chi connectivity index (χ2v) is 6.78. The van der Waals surface area contributed by atoms with Crippen LogP contribution in [0.1, 0.15) is 11.1 Å². The van der Waals surface area contributed by atoms with Gasteiger partial charge < -0.3 is 9.84 Å². The molecular formula is C23H17ClN2O3. The third-order valence-electron chi connectivity index (χ3n) is 4.52. The Bertz CT molecular complexity index is 1140. The van der Waals surface area contributed by atoms with Crippen molar-refractivity contribution in [2.24, 2.45) is 5.10 Å². The molecule has 0 aromatic heterocycles. The highest BCUT2D eigenvalue weighted by molar-refractivity contribution is 6.39. The van der Waals surface area contributed by atoms with E-state index in [1.54, 1.807) is 42.5 Å². The van der Waals surface area contributed by atoms with Gasteiger partial charge in [0.25, 0.3) is 5.91 Å². The van der Waals surface area contributed by atoms with E-state index in [-0.39, 0.29) is 11.7 Å². The first-order chi connectivity index (χ1) is 14.1. The molecule has 0 atom stereocenters. The zero-order chi connectivity index (χ0) is 20.4. The first kappa shape index (κ1) is 18.8. The molecule has 5 nitrogen and oxygen atoms in total. The lowest BCUT2D eigenvalue weighted by molar-refractivity contribution is -0.114. The van der Waals surface area contributed by atoms with E-state index in [4.69, 9.17) is 16.3 Å². The minimum absolute atomic E-state index is 0.0297. The number of carbonyl (C=O) groups is 1. The topological polar surface area (TPSA) is 62.1 Å². The number of aromatic hydroxyl groups is 1. The second-order valence-electron chi connectivity index (χ2n) is 6.37. The highest BCUT2D eigenvalue weighted by Gasteiger charge is 2.33. The molecule has 1 heterocycles.